The Hall–Kier alpha value is -5.68. The number of nitrogens with one attached hydrogen (secondary N) is 3. The van der Waals surface area contributed by atoms with Crippen molar-refractivity contribution in [2.24, 2.45) is 5.73 Å². The van der Waals surface area contributed by atoms with E-state index in [9.17, 15) is 19.2 Å². The first-order valence-corrected chi connectivity index (χ1v) is 14.4. The quantitative estimate of drug-likeness (QED) is 0.158. The minimum Gasteiger partial charge on any atom is -0.495 e. The predicted octanol–water partition coefficient (Wildman–Crippen LogP) is 5.16. The summed E-state index contributed by atoms with van der Waals surface area (Å²) in [4.78, 5) is 50.7. The van der Waals surface area contributed by atoms with Crippen molar-refractivity contribution in [1.29, 1.82) is 0 Å². The second-order valence-electron chi connectivity index (χ2n) is 10.4. The molecule has 11 nitrogen and oxygen atoms in total. The molecule has 4 rings (SSSR count). The molecule has 0 bridgehead atoms. The van der Waals surface area contributed by atoms with Crippen molar-refractivity contribution in [2.45, 2.75) is 31.9 Å². The van der Waals surface area contributed by atoms with Gasteiger partial charge in [0.05, 0.1) is 26.3 Å². The number of carbonyl (C=O) groups is 4. The van der Waals surface area contributed by atoms with Gasteiger partial charge in [0.1, 0.15) is 24.3 Å². The lowest BCUT2D eigenvalue weighted by molar-refractivity contribution is -0.153. The van der Waals surface area contributed by atoms with Crippen molar-refractivity contribution in [3.63, 3.8) is 0 Å². The van der Waals surface area contributed by atoms with Crippen molar-refractivity contribution in [2.75, 3.05) is 30.2 Å². The molecule has 0 heterocycles. The minimum absolute atomic E-state index is 0.0145. The monoisotopic (exact) mass is 624 g/mol. The van der Waals surface area contributed by atoms with Gasteiger partial charge in [-0.1, -0.05) is 66.7 Å². The van der Waals surface area contributed by atoms with E-state index in [0.717, 1.165) is 11.1 Å². The maximum atomic E-state index is 13.1. The Kier molecular flexibility index (Phi) is 11.5. The number of methoxy groups -OCH3 is 2. The second-order valence-corrected chi connectivity index (χ2v) is 10.4. The number of hydrogen-bond acceptors (Lipinski definition) is 8. The molecule has 0 spiro atoms. The van der Waals surface area contributed by atoms with Crippen molar-refractivity contribution in [3.05, 3.63) is 119 Å². The van der Waals surface area contributed by atoms with Gasteiger partial charge >= 0.3 is 18.0 Å². The van der Waals surface area contributed by atoms with E-state index in [1.165, 1.54) is 14.2 Å². The Morgan fingerprint density at radius 2 is 1.41 bits per heavy atom. The van der Waals surface area contributed by atoms with E-state index in [0.29, 0.717) is 33.9 Å². The summed E-state index contributed by atoms with van der Waals surface area (Å²) >= 11 is 0. The van der Waals surface area contributed by atoms with Gasteiger partial charge in [-0.25, -0.2) is 4.79 Å². The third-order valence-corrected chi connectivity index (χ3v) is 7.14. The number of aryl methyl sites for hydroxylation is 1. The molecule has 0 aromatic heterocycles. The van der Waals surface area contributed by atoms with E-state index in [-0.39, 0.29) is 18.9 Å². The van der Waals surface area contributed by atoms with Gasteiger partial charge in [0.2, 0.25) is 5.91 Å². The maximum Gasteiger partial charge on any atom is 0.323 e. The van der Waals surface area contributed by atoms with Crippen LogP contribution in [-0.2, 0) is 36.9 Å². The average molecular weight is 625 g/mol. The van der Waals surface area contributed by atoms with E-state index in [1.807, 2.05) is 55.5 Å². The molecule has 0 saturated carbocycles. The van der Waals surface area contributed by atoms with Crippen LogP contribution in [0.25, 0.3) is 0 Å². The van der Waals surface area contributed by atoms with Crippen LogP contribution in [-0.4, -0.2) is 44.1 Å². The number of ether oxygens (including phenoxy) is 3. The lowest BCUT2D eigenvalue weighted by atomic mass is 9.91. The number of para-hydroxylation sites is 1. The lowest BCUT2D eigenvalue weighted by Crippen LogP contribution is -2.41. The molecule has 11 heteroatoms. The molecule has 0 aliphatic heterocycles. The zero-order chi connectivity index (χ0) is 33.1. The number of amides is 3. The number of esters is 2. The number of benzene rings is 4. The molecule has 5 N–H and O–H groups in total. The molecule has 2 atom stereocenters. The molecule has 4 aromatic rings. The smallest absolute Gasteiger partial charge is 0.323 e. The Bertz CT molecular complexity index is 1680. The molecule has 0 fully saturated rings. The topological polar surface area (TPSA) is 158 Å². The number of hydrogen-bond donors (Lipinski definition) is 4. The third-order valence-electron chi connectivity index (χ3n) is 7.14. The first kappa shape index (κ1) is 33.2. The summed E-state index contributed by atoms with van der Waals surface area (Å²) < 4.78 is 15.7. The molecular formula is C35H36N4O7. The highest BCUT2D eigenvalue weighted by Gasteiger charge is 2.34. The Balaban J connectivity index is 1.38. The normalized spacial score (nSPS) is 11.8. The molecule has 0 radical (unpaired) electrons. The van der Waals surface area contributed by atoms with Gasteiger partial charge in [0, 0.05) is 11.4 Å². The molecule has 0 saturated heterocycles. The fourth-order valence-corrected chi connectivity index (χ4v) is 4.68. The van der Waals surface area contributed by atoms with E-state index in [4.69, 9.17) is 19.9 Å². The Morgan fingerprint density at radius 3 is 2.09 bits per heavy atom. The van der Waals surface area contributed by atoms with Crippen LogP contribution >= 0.6 is 0 Å². The van der Waals surface area contributed by atoms with Crippen LogP contribution in [0, 0.1) is 6.92 Å². The standard InChI is InChI=1S/C35H36N4O7/c1-22-9-7-8-12-27(22)38-35(43)39-28-18-13-24(19-29(28)44-2)20-30(40)37-26-16-14-25(15-17-26)31(32(36)34(42)45-3)33(41)46-21-23-10-5-4-6-11-23/h4-19,31-32H,20-21,36H2,1-3H3,(H,37,40)(H2,38,39,43). The highest BCUT2D eigenvalue weighted by Crippen LogP contribution is 2.27. The fourth-order valence-electron chi connectivity index (χ4n) is 4.68. The van der Waals surface area contributed by atoms with Gasteiger partial charge in [0.15, 0.2) is 0 Å². The number of anilines is 3. The summed E-state index contributed by atoms with van der Waals surface area (Å²) in [7, 11) is 2.67. The first-order chi connectivity index (χ1) is 22.2. The first-order valence-electron chi connectivity index (χ1n) is 14.4. The fraction of sp³-hybridized carbons (Fsp3) is 0.200. The van der Waals surface area contributed by atoms with E-state index in [2.05, 4.69) is 16.0 Å². The second kappa shape index (κ2) is 15.9. The van der Waals surface area contributed by atoms with Gasteiger partial charge in [-0.05, 0) is 59.5 Å². The molecule has 238 valence electrons. The van der Waals surface area contributed by atoms with Gasteiger partial charge < -0.3 is 35.9 Å². The van der Waals surface area contributed by atoms with Crippen LogP contribution in [0.2, 0.25) is 0 Å². The molecule has 0 aliphatic rings. The number of urea groups is 1. The molecule has 0 aliphatic carbocycles. The molecular weight excluding hydrogens is 588 g/mol. The van der Waals surface area contributed by atoms with Crippen molar-refractivity contribution in [1.82, 2.24) is 0 Å². The van der Waals surface area contributed by atoms with Crippen molar-refractivity contribution < 1.29 is 33.4 Å². The van der Waals surface area contributed by atoms with Crippen molar-refractivity contribution >= 4 is 40.9 Å². The summed E-state index contributed by atoms with van der Waals surface area (Å²) in [5.41, 5.74) is 10.5. The van der Waals surface area contributed by atoms with Crippen LogP contribution in [0.15, 0.2) is 97.1 Å². The van der Waals surface area contributed by atoms with E-state index >= 15 is 0 Å². The van der Waals surface area contributed by atoms with Gasteiger partial charge in [-0.2, -0.15) is 0 Å². The van der Waals surface area contributed by atoms with E-state index in [1.54, 1.807) is 48.5 Å². The SMILES string of the molecule is COC(=O)C(N)C(C(=O)OCc1ccccc1)c1ccc(NC(=O)Cc2ccc(NC(=O)Nc3ccccc3C)c(OC)c2)cc1. The van der Waals surface area contributed by atoms with Crippen LogP contribution in [0.5, 0.6) is 5.75 Å². The van der Waals surface area contributed by atoms with Crippen LogP contribution < -0.4 is 26.4 Å². The number of rotatable bonds is 12. The average Bonchev–Trinajstić information content (AvgIpc) is 3.06. The summed E-state index contributed by atoms with van der Waals surface area (Å²) in [5.74, 6) is -2.49. The van der Waals surface area contributed by atoms with Crippen LogP contribution in [0.1, 0.15) is 28.2 Å². The summed E-state index contributed by atoms with van der Waals surface area (Å²) in [6.07, 6.45) is 0.0233. The van der Waals surface area contributed by atoms with Crippen molar-refractivity contribution in [3.8, 4) is 5.75 Å². The number of nitrogens with two attached hydrogens (primary N) is 1. The summed E-state index contributed by atoms with van der Waals surface area (Å²) in [5, 5.41) is 8.39. The molecule has 4 aromatic carbocycles. The number of carbonyl (C=O) groups excluding carboxylic acids is 4. The molecule has 46 heavy (non-hydrogen) atoms. The lowest BCUT2D eigenvalue weighted by Gasteiger charge is -2.21. The Labute approximate surface area is 267 Å². The third kappa shape index (κ3) is 8.93. The largest absolute Gasteiger partial charge is 0.495 e. The van der Waals surface area contributed by atoms with Gasteiger partial charge in [-0.3, -0.25) is 14.4 Å². The van der Waals surface area contributed by atoms with Gasteiger partial charge in [0.25, 0.3) is 0 Å². The molecule has 2 unspecified atom stereocenters. The summed E-state index contributed by atoms with van der Waals surface area (Å²) in [6, 6.07) is 26.3. The Morgan fingerprint density at radius 1 is 0.739 bits per heavy atom. The van der Waals surface area contributed by atoms with Crippen LogP contribution in [0.3, 0.4) is 0 Å². The van der Waals surface area contributed by atoms with Crippen LogP contribution in [0.4, 0.5) is 21.9 Å². The highest BCUT2D eigenvalue weighted by molar-refractivity contribution is 6.01. The molecule has 3 amide bonds. The van der Waals surface area contributed by atoms with E-state index < -0.39 is 29.9 Å². The highest BCUT2D eigenvalue weighted by atomic mass is 16.5. The zero-order valence-electron chi connectivity index (χ0n) is 25.7. The zero-order valence-corrected chi connectivity index (χ0v) is 25.7. The maximum absolute atomic E-state index is 13.1. The van der Waals surface area contributed by atoms with Gasteiger partial charge in [-0.15, -0.1) is 0 Å². The minimum atomic E-state index is -1.30. The predicted molar refractivity (Wildman–Crippen MR) is 175 cm³/mol. The summed E-state index contributed by atoms with van der Waals surface area (Å²) in [6.45, 7) is 1.91.